The van der Waals surface area contributed by atoms with Gasteiger partial charge in [-0.25, -0.2) is 0 Å². The summed E-state index contributed by atoms with van der Waals surface area (Å²) in [6.07, 6.45) is 0.289. The zero-order valence-electron chi connectivity index (χ0n) is 5.92. The molecule has 1 unspecified atom stereocenters. The van der Waals surface area contributed by atoms with E-state index in [0.29, 0.717) is 5.92 Å². The molecule has 0 saturated carbocycles. The van der Waals surface area contributed by atoms with Crippen LogP contribution in [0.3, 0.4) is 0 Å². The number of hydrogen-bond acceptors (Lipinski definition) is 2. The van der Waals surface area contributed by atoms with Crippen LogP contribution >= 0.6 is 0 Å². The fourth-order valence-corrected chi connectivity index (χ4v) is 0.468. The van der Waals surface area contributed by atoms with Gasteiger partial charge in [0, 0.05) is 12.5 Å². The predicted molar refractivity (Wildman–Crippen MR) is 36.6 cm³/mol. The molecule has 3 nitrogen and oxygen atoms in total. The Kier molecular flexibility index (Phi) is 3.24. The molecule has 0 fully saturated rings. The molecule has 0 aliphatic carbocycles. The van der Waals surface area contributed by atoms with E-state index in [0.717, 1.165) is 0 Å². The molecule has 0 rings (SSSR count). The Bertz CT molecular complexity index is 101. The highest BCUT2D eigenvalue weighted by atomic mass is 16.1. The summed E-state index contributed by atoms with van der Waals surface area (Å²) in [6.45, 7) is 3.93. The van der Waals surface area contributed by atoms with Crippen molar-refractivity contribution in [3.8, 4) is 0 Å². The maximum absolute atomic E-state index is 10.3. The molecule has 0 aromatic carbocycles. The lowest BCUT2D eigenvalue weighted by Gasteiger charge is -2.12. The van der Waals surface area contributed by atoms with Crippen LogP contribution in [0.15, 0.2) is 0 Å². The second kappa shape index (κ2) is 3.45. The molecule has 0 bridgehead atoms. The first-order chi connectivity index (χ1) is 4.04. The fraction of sp³-hybridized carbons (Fsp3) is 0.833. The topological polar surface area (TPSA) is 69.1 Å². The smallest absolute Gasteiger partial charge is 0.218 e. The lowest BCUT2D eigenvalue weighted by atomic mass is 10.0. The van der Waals surface area contributed by atoms with E-state index in [4.69, 9.17) is 11.5 Å². The van der Waals surface area contributed by atoms with E-state index in [1.165, 1.54) is 0 Å². The second-order valence-corrected chi connectivity index (χ2v) is 2.58. The standard InChI is InChI=1S/C6H14N2O/c1-4(2)5(7)3-6(8)9/h4-5H,3,7H2,1-2H3,(H2,8,9). The number of amides is 1. The molecule has 3 heteroatoms. The predicted octanol–water partition coefficient (Wildman–Crippen LogP) is -0.155. The third kappa shape index (κ3) is 3.97. The van der Waals surface area contributed by atoms with Gasteiger partial charge in [0.15, 0.2) is 0 Å². The van der Waals surface area contributed by atoms with Crippen LogP contribution in [0.25, 0.3) is 0 Å². The summed E-state index contributed by atoms with van der Waals surface area (Å²) < 4.78 is 0. The minimum Gasteiger partial charge on any atom is -0.370 e. The van der Waals surface area contributed by atoms with Crippen LogP contribution in [0.4, 0.5) is 0 Å². The van der Waals surface area contributed by atoms with E-state index in [2.05, 4.69) is 0 Å². The number of rotatable bonds is 3. The van der Waals surface area contributed by atoms with Gasteiger partial charge >= 0.3 is 0 Å². The zero-order chi connectivity index (χ0) is 7.44. The highest BCUT2D eigenvalue weighted by Crippen LogP contribution is 2.00. The summed E-state index contributed by atoms with van der Waals surface area (Å²) in [6, 6.07) is -0.0810. The van der Waals surface area contributed by atoms with E-state index >= 15 is 0 Å². The molecule has 0 aliphatic heterocycles. The van der Waals surface area contributed by atoms with Crippen molar-refractivity contribution in [2.45, 2.75) is 26.3 Å². The molecule has 0 saturated heterocycles. The molecule has 0 radical (unpaired) electrons. The lowest BCUT2D eigenvalue weighted by molar-refractivity contribution is -0.118. The first-order valence-corrected chi connectivity index (χ1v) is 3.08. The number of primary amides is 1. The van der Waals surface area contributed by atoms with E-state index < -0.39 is 0 Å². The molecule has 0 heterocycles. The summed E-state index contributed by atoms with van der Waals surface area (Å²) in [5.74, 6) is 0.00806. The van der Waals surface area contributed by atoms with E-state index in [-0.39, 0.29) is 18.4 Å². The van der Waals surface area contributed by atoms with Crippen molar-refractivity contribution >= 4 is 5.91 Å². The van der Waals surface area contributed by atoms with Crippen molar-refractivity contribution in [1.29, 1.82) is 0 Å². The number of nitrogens with two attached hydrogens (primary N) is 2. The van der Waals surface area contributed by atoms with Crippen LogP contribution in [-0.2, 0) is 4.79 Å². The van der Waals surface area contributed by atoms with Gasteiger partial charge in [-0.3, -0.25) is 4.79 Å². The van der Waals surface area contributed by atoms with Gasteiger partial charge in [0.2, 0.25) is 5.91 Å². The molecule has 0 aliphatic rings. The number of hydrogen-bond donors (Lipinski definition) is 2. The Morgan fingerprint density at radius 3 is 2.11 bits per heavy atom. The van der Waals surface area contributed by atoms with E-state index in [9.17, 15) is 4.79 Å². The van der Waals surface area contributed by atoms with Crippen molar-refractivity contribution in [3.63, 3.8) is 0 Å². The van der Waals surface area contributed by atoms with Crippen LogP contribution in [0.2, 0.25) is 0 Å². The van der Waals surface area contributed by atoms with Crippen LogP contribution in [-0.4, -0.2) is 11.9 Å². The highest BCUT2D eigenvalue weighted by Gasteiger charge is 2.09. The van der Waals surface area contributed by atoms with Gasteiger partial charge < -0.3 is 11.5 Å². The zero-order valence-corrected chi connectivity index (χ0v) is 5.92. The fourth-order valence-electron chi connectivity index (χ4n) is 0.468. The summed E-state index contributed by atoms with van der Waals surface area (Å²) in [7, 11) is 0. The van der Waals surface area contributed by atoms with Gasteiger partial charge in [-0.05, 0) is 5.92 Å². The van der Waals surface area contributed by atoms with Gasteiger partial charge in [0.1, 0.15) is 0 Å². The molecule has 54 valence electrons. The second-order valence-electron chi connectivity index (χ2n) is 2.58. The van der Waals surface area contributed by atoms with Gasteiger partial charge in [-0.15, -0.1) is 0 Å². The first kappa shape index (κ1) is 8.43. The van der Waals surface area contributed by atoms with Crippen LogP contribution < -0.4 is 11.5 Å². The average Bonchev–Trinajstić information content (AvgIpc) is 1.63. The minimum absolute atomic E-state index is 0.0810. The van der Waals surface area contributed by atoms with E-state index in [1.54, 1.807) is 0 Å². The number of carbonyl (C=O) groups excluding carboxylic acids is 1. The Morgan fingerprint density at radius 2 is 2.00 bits per heavy atom. The molecule has 4 N–H and O–H groups in total. The molecular weight excluding hydrogens is 116 g/mol. The Morgan fingerprint density at radius 1 is 1.56 bits per heavy atom. The van der Waals surface area contributed by atoms with Crippen molar-refractivity contribution in [3.05, 3.63) is 0 Å². The molecule has 1 amide bonds. The number of carbonyl (C=O) groups is 1. The SMILES string of the molecule is CC(C)C(N)CC(N)=O. The Hall–Kier alpha value is -0.570. The molecule has 9 heavy (non-hydrogen) atoms. The molecule has 0 aromatic rings. The molecule has 1 atom stereocenters. The minimum atomic E-state index is -0.323. The normalized spacial score (nSPS) is 13.8. The van der Waals surface area contributed by atoms with Gasteiger partial charge in [0.25, 0.3) is 0 Å². The summed E-state index contributed by atoms with van der Waals surface area (Å²) in [5.41, 5.74) is 10.4. The highest BCUT2D eigenvalue weighted by molar-refractivity contribution is 5.74. The van der Waals surface area contributed by atoms with Crippen LogP contribution in [0, 0.1) is 5.92 Å². The monoisotopic (exact) mass is 130 g/mol. The maximum Gasteiger partial charge on any atom is 0.218 e. The van der Waals surface area contributed by atoms with Crippen LogP contribution in [0.5, 0.6) is 0 Å². The van der Waals surface area contributed by atoms with Crippen molar-refractivity contribution in [2.24, 2.45) is 17.4 Å². The van der Waals surface area contributed by atoms with Gasteiger partial charge in [-0.1, -0.05) is 13.8 Å². The summed E-state index contributed by atoms with van der Waals surface area (Å²) in [4.78, 5) is 10.3. The van der Waals surface area contributed by atoms with Gasteiger partial charge in [-0.2, -0.15) is 0 Å². The Balaban J connectivity index is 3.50. The van der Waals surface area contributed by atoms with Crippen molar-refractivity contribution < 1.29 is 4.79 Å². The quantitative estimate of drug-likeness (QED) is 0.557. The van der Waals surface area contributed by atoms with Crippen molar-refractivity contribution in [1.82, 2.24) is 0 Å². The van der Waals surface area contributed by atoms with E-state index in [1.807, 2.05) is 13.8 Å². The maximum atomic E-state index is 10.3. The average molecular weight is 130 g/mol. The largest absolute Gasteiger partial charge is 0.370 e. The van der Waals surface area contributed by atoms with Crippen LogP contribution in [0.1, 0.15) is 20.3 Å². The third-order valence-corrected chi connectivity index (χ3v) is 1.29. The Labute approximate surface area is 55.4 Å². The molecule has 0 spiro atoms. The first-order valence-electron chi connectivity index (χ1n) is 3.08. The summed E-state index contributed by atoms with van der Waals surface area (Å²) >= 11 is 0. The van der Waals surface area contributed by atoms with Gasteiger partial charge in [0.05, 0.1) is 0 Å². The molecular formula is C6H14N2O. The van der Waals surface area contributed by atoms with Crippen molar-refractivity contribution in [2.75, 3.05) is 0 Å². The summed E-state index contributed by atoms with van der Waals surface area (Å²) in [5, 5.41) is 0. The molecule has 0 aromatic heterocycles. The third-order valence-electron chi connectivity index (χ3n) is 1.29. The lowest BCUT2D eigenvalue weighted by Crippen LogP contribution is -2.31.